The third-order valence-corrected chi connectivity index (χ3v) is 4.30. The van der Waals surface area contributed by atoms with Crippen LogP contribution in [0.4, 0.5) is 11.5 Å². The Kier molecular flexibility index (Phi) is 5.17. The molecule has 1 amide bonds. The molecule has 0 radical (unpaired) electrons. The Morgan fingerprint density at radius 3 is 2.64 bits per heavy atom. The van der Waals surface area contributed by atoms with E-state index in [1.165, 1.54) is 12.3 Å². The molecule has 0 unspecified atom stereocenters. The molecule has 0 aliphatic carbocycles. The second-order valence-corrected chi connectivity index (χ2v) is 5.93. The average molecular weight is 341 g/mol. The number of nitrogens with zero attached hydrogens (tertiary/aromatic N) is 4. The minimum atomic E-state index is -0.463. The number of amides is 1. The van der Waals surface area contributed by atoms with Crippen LogP contribution in [0.1, 0.15) is 18.5 Å². The van der Waals surface area contributed by atoms with Crippen LogP contribution < -0.4 is 10.2 Å². The van der Waals surface area contributed by atoms with Gasteiger partial charge >= 0.3 is 0 Å². The number of nitrogens with one attached hydrogen (secondary N) is 1. The van der Waals surface area contributed by atoms with E-state index in [0.717, 1.165) is 18.5 Å². The monoisotopic (exact) mass is 341 g/mol. The Hall–Kier alpha value is -3.03. The topological polar surface area (TPSA) is 101 Å². The fourth-order valence-corrected chi connectivity index (χ4v) is 2.87. The number of nitro groups is 1. The fraction of sp³-hybridized carbons (Fsp3) is 0.353. The van der Waals surface area contributed by atoms with Crippen LogP contribution in [0.2, 0.25) is 0 Å². The van der Waals surface area contributed by atoms with Gasteiger partial charge in [0.15, 0.2) is 0 Å². The van der Waals surface area contributed by atoms with Gasteiger partial charge < -0.3 is 10.2 Å². The number of carbonyl (C=O) groups excluding carboxylic acids is 1. The molecule has 1 fully saturated rings. The van der Waals surface area contributed by atoms with Gasteiger partial charge in [0.05, 0.1) is 17.2 Å². The zero-order valence-corrected chi connectivity index (χ0v) is 13.7. The molecule has 3 rings (SSSR count). The molecule has 2 aromatic rings. The fourth-order valence-electron chi connectivity index (χ4n) is 2.87. The lowest BCUT2D eigenvalue weighted by atomic mass is 9.96. The van der Waals surface area contributed by atoms with Crippen molar-refractivity contribution < 1.29 is 9.72 Å². The van der Waals surface area contributed by atoms with Gasteiger partial charge in [-0.3, -0.25) is 19.9 Å². The van der Waals surface area contributed by atoms with Crippen LogP contribution in [0, 0.1) is 16.0 Å². The van der Waals surface area contributed by atoms with Gasteiger partial charge in [0.2, 0.25) is 5.91 Å². The van der Waals surface area contributed by atoms with Crippen molar-refractivity contribution in [1.82, 2.24) is 15.3 Å². The van der Waals surface area contributed by atoms with Crippen molar-refractivity contribution >= 4 is 17.4 Å². The molecule has 1 aliphatic rings. The summed E-state index contributed by atoms with van der Waals surface area (Å²) in [6.07, 6.45) is 4.43. The summed E-state index contributed by atoms with van der Waals surface area (Å²) >= 11 is 0. The first kappa shape index (κ1) is 16.8. The second kappa shape index (κ2) is 7.69. The maximum absolute atomic E-state index is 12.3. The standard InChI is InChI=1S/C17H19N5O3/c23-17(20-11-14-3-1-2-8-18-14)13-6-9-21(10-7-13)16-5-4-15(12-19-16)22(24)25/h1-5,8,12-13H,6-7,9-11H2,(H,20,23). The highest BCUT2D eigenvalue weighted by atomic mass is 16.6. The zero-order valence-electron chi connectivity index (χ0n) is 13.7. The number of carbonyl (C=O) groups is 1. The largest absolute Gasteiger partial charge is 0.357 e. The van der Waals surface area contributed by atoms with Crippen molar-refractivity contribution in [1.29, 1.82) is 0 Å². The molecule has 8 nitrogen and oxygen atoms in total. The van der Waals surface area contributed by atoms with E-state index in [9.17, 15) is 14.9 Å². The molecule has 0 spiro atoms. The Morgan fingerprint density at radius 2 is 2.04 bits per heavy atom. The summed E-state index contributed by atoms with van der Waals surface area (Å²) in [7, 11) is 0. The number of rotatable bonds is 5. The predicted octanol–water partition coefficient (Wildman–Crippen LogP) is 1.92. The molecule has 130 valence electrons. The van der Waals surface area contributed by atoms with E-state index in [1.54, 1.807) is 12.3 Å². The second-order valence-electron chi connectivity index (χ2n) is 5.93. The minimum Gasteiger partial charge on any atom is -0.357 e. The molecule has 0 bridgehead atoms. The lowest BCUT2D eigenvalue weighted by Crippen LogP contribution is -2.40. The van der Waals surface area contributed by atoms with Gasteiger partial charge in [0, 0.05) is 31.3 Å². The van der Waals surface area contributed by atoms with Crippen LogP contribution in [0.3, 0.4) is 0 Å². The molecule has 1 aliphatic heterocycles. The molecule has 2 aromatic heterocycles. The van der Waals surface area contributed by atoms with Crippen molar-refractivity contribution in [3.63, 3.8) is 0 Å². The Morgan fingerprint density at radius 1 is 1.24 bits per heavy atom. The van der Waals surface area contributed by atoms with Gasteiger partial charge in [-0.2, -0.15) is 0 Å². The predicted molar refractivity (Wildman–Crippen MR) is 91.9 cm³/mol. The quantitative estimate of drug-likeness (QED) is 0.658. The van der Waals surface area contributed by atoms with Crippen LogP contribution in [0.25, 0.3) is 0 Å². The summed E-state index contributed by atoms with van der Waals surface area (Å²) in [4.78, 5) is 32.9. The summed E-state index contributed by atoms with van der Waals surface area (Å²) < 4.78 is 0. The summed E-state index contributed by atoms with van der Waals surface area (Å²) in [5, 5.41) is 13.6. The molecule has 0 aromatic carbocycles. The van der Waals surface area contributed by atoms with E-state index in [1.807, 2.05) is 23.1 Å². The molecular weight excluding hydrogens is 322 g/mol. The van der Waals surface area contributed by atoms with E-state index in [4.69, 9.17) is 0 Å². The van der Waals surface area contributed by atoms with Crippen LogP contribution in [0.5, 0.6) is 0 Å². The molecular formula is C17H19N5O3. The van der Waals surface area contributed by atoms with E-state index in [2.05, 4.69) is 15.3 Å². The van der Waals surface area contributed by atoms with Crippen molar-refractivity contribution in [3.8, 4) is 0 Å². The lowest BCUT2D eigenvalue weighted by Gasteiger charge is -2.32. The smallest absolute Gasteiger partial charge is 0.287 e. The molecule has 1 N–H and O–H groups in total. The first-order chi connectivity index (χ1) is 12.1. The van der Waals surface area contributed by atoms with Crippen LogP contribution in [0.15, 0.2) is 42.7 Å². The maximum Gasteiger partial charge on any atom is 0.287 e. The number of piperidine rings is 1. The van der Waals surface area contributed by atoms with Crippen LogP contribution >= 0.6 is 0 Å². The SMILES string of the molecule is O=C(NCc1ccccn1)C1CCN(c2ccc([N+](=O)[O-])cn2)CC1. The normalized spacial score (nSPS) is 15.0. The number of anilines is 1. The van der Waals surface area contributed by atoms with E-state index in [-0.39, 0.29) is 17.5 Å². The first-order valence-corrected chi connectivity index (χ1v) is 8.16. The van der Waals surface area contributed by atoms with E-state index >= 15 is 0 Å². The van der Waals surface area contributed by atoms with Crippen LogP contribution in [-0.4, -0.2) is 33.9 Å². The van der Waals surface area contributed by atoms with Gasteiger partial charge in [0.1, 0.15) is 12.0 Å². The Balaban J connectivity index is 1.49. The lowest BCUT2D eigenvalue weighted by molar-refractivity contribution is -0.385. The van der Waals surface area contributed by atoms with Gasteiger partial charge in [0.25, 0.3) is 5.69 Å². The van der Waals surface area contributed by atoms with Crippen molar-refractivity contribution in [2.75, 3.05) is 18.0 Å². The molecule has 8 heteroatoms. The summed E-state index contributed by atoms with van der Waals surface area (Å²) in [6.45, 7) is 1.84. The number of hydrogen-bond acceptors (Lipinski definition) is 6. The molecule has 1 saturated heterocycles. The number of aromatic nitrogens is 2. The Labute approximate surface area is 145 Å². The summed E-state index contributed by atoms with van der Waals surface area (Å²) in [5.41, 5.74) is 0.816. The molecule has 0 atom stereocenters. The third-order valence-electron chi connectivity index (χ3n) is 4.30. The van der Waals surface area contributed by atoms with E-state index in [0.29, 0.717) is 25.5 Å². The first-order valence-electron chi connectivity index (χ1n) is 8.16. The molecule has 25 heavy (non-hydrogen) atoms. The van der Waals surface area contributed by atoms with Gasteiger partial charge in [-0.05, 0) is 31.0 Å². The van der Waals surface area contributed by atoms with Gasteiger partial charge in [-0.1, -0.05) is 6.07 Å². The summed E-state index contributed by atoms with van der Waals surface area (Å²) in [6, 6.07) is 8.72. The summed E-state index contributed by atoms with van der Waals surface area (Å²) in [5.74, 6) is 0.720. The van der Waals surface area contributed by atoms with Gasteiger partial charge in [-0.15, -0.1) is 0 Å². The maximum atomic E-state index is 12.3. The molecule has 3 heterocycles. The van der Waals surface area contributed by atoms with Crippen molar-refractivity contribution in [3.05, 3.63) is 58.5 Å². The highest BCUT2D eigenvalue weighted by Crippen LogP contribution is 2.23. The Bertz CT molecular complexity index is 728. The number of hydrogen-bond donors (Lipinski definition) is 1. The average Bonchev–Trinajstić information content (AvgIpc) is 2.67. The van der Waals surface area contributed by atoms with Gasteiger partial charge in [-0.25, -0.2) is 4.98 Å². The zero-order chi connectivity index (χ0) is 17.6. The third kappa shape index (κ3) is 4.28. The van der Waals surface area contributed by atoms with E-state index < -0.39 is 4.92 Å². The molecule has 0 saturated carbocycles. The van der Waals surface area contributed by atoms with Crippen molar-refractivity contribution in [2.24, 2.45) is 5.92 Å². The number of pyridine rings is 2. The highest BCUT2D eigenvalue weighted by Gasteiger charge is 2.25. The highest BCUT2D eigenvalue weighted by molar-refractivity contribution is 5.78. The minimum absolute atomic E-state index is 0.0208. The van der Waals surface area contributed by atoms with Crippen molar-refractivity contribution in [2.45, 2.75) is 19.4 Å². The van der Waals surface area contributed by atoms with Crippen LogP contribution in [-0.2, 0) is 11.3 Å².